The molecule has 1 saturated heterocycles. The molecule has 0 spiro atoms. The molecule has 1 atom stereocenters. The van der Waals surface area contributed by atoms with E-state index in [4.69, 9.17) is 0 Å². The molecule has 6 nitrogen and oxygen atoms in total. The minimum Gasteiger partial charge on any atom is -0.341 e. The molecule has 1 aliphatic heterocycles. The number of benzene rings is 1. The minimum atomic E-state index is -0.483. The highest BCUT2D eigenvalue weighted by molar-refractivity contribution is 6.03. The predicted octanol–water partition coefficient (Wildman–Crippen LogP) is 1.35. The first-order valence-corrected chi connectivity index (χ1v) is 7.47. The molecule has 3 rings (SSSR count). The Kier molecular flexibility index (Phi) is 4.23. The van der Waals surface area contributed by atoms with Gasteiger partial charge in [0, 0.05) is 25.9 Å². The number of rotatable bonds is 4. The Hall–Kier alpha value is -2.89. The van der Waals surface area contributed by atoms with Crippen LogP contribution >= 0.6 is 0 Å². The van der Waals surface area contributed by atoms with E-state index in [1.807, 2.05) is 30.3 Å². The number of carbonyl (C=O) groups is 2. The summed E-state index contributed by atoms with van der Waals surface area (Å²) in [5.41, 5.74) is 1.70. The summed E-state index contributed by atoms with van der Waals surface area (Å²) >= 11 is 0. The molecule has 0 radical (unpaired) electrons. The van der Waals surface area contributed by atoms with Crippen molar-refractivity contribution < 1.29 is 9.59 Å². The normalized spacial score (nSPS) is 17.9. The van der Waals surface area contributed by atoms with Gasteiger partial charge >= 0.3 is 0 Å². The molecule has 6 heteroatoms. The van der Waals surface area contributed by atoms with Gasteiger partial charge in [-0.2, -0.15) is 5.10 Å². The number of anilines is 1. The van der Waals surface area contributed by atoms with Gasteiger partial charge in [0.2, 0.25) is 11.8 Å². The Labute approximate surface area is 134 Å². The lowest BCUT2D eigenvalue weighted by Gasteiger charge is -2.14. The molecule has 1 aromatic heterocycles. The third-order valence-electron chi connectivity index (χ3n) is 3.75. The number of amides is 2. The number of hydrogen-bond acceptors (Lipinski definition) is 3. The second-order valence-electron chi connectivity index (χ2n) is 5.46. The van der Waals surface area contributed by atoms with Crippen LogP contribution in [0.25, 0.3) is 6.08 Å². The summed E-state index contributed by atoms with van der Waals surface area (Å²) < 4.78 is 1.65. The number of nitrogens with one attached hydrogen (secondary N) is 1. The molecule has 1 aromatic carbocycles. The molecule has 0 unspecified atom stereocenters. The first kappa shape index (κ1) is 15.0. The van der Waals surface area contributed by atoms with Crippen LogP contribution in [-0.2, 0) is 16.6 Å². The lowest BCUT2D eigenvalue weighted by atomic mass is 10.2. The van der Waals surface area contributed by atoms with Gasteiger partial charge < -0.3 is 10.2 Å². The number of aryl methyl sites for hydroxylation is 1. The number of nitrogens with zero attached hydrogens (tertiary/aromatic N) is 3. The number of aromatic nitrogens is 2. The highest BCUT2D eigenvalue weighted by Crippen LogP contribution is 2.20. The molecule has 2 aromatic rings. The van der Waals surface area contributed by atoms with Gasteiger partial charge in [-0.15, -0.1) is 0 Å². The maximum absolute atomic E-state index is 12.4. The van der Waals surface area contributed by atoms with Gasteiger partial charge in [-0.1, -0.05) is 30.3 Å². The zero-order chi connectivity index (χ0) is 16.2. The van der Waals surface area contributed by atoms with Crippen molar-refractivity contribution in [2.45, 2.75) is 12.5 Å². The SMILES string of the molecule is Cn1cc(N2CC[C@H](NC(=O)/C=C\c3ccccc3)C2=O)cn1. The van der Waals surface area contributed by atoms with Crippen molar-refractivity contribution in [1.29, 1.82) is 0 Å². The summed E-state index contributed by atoms with van der Waals surface area (Å²) in [7, 11) is 1.80. The zero-order valence-corrected chi connectivity index (χ0v) is 12.8. The predicted molar refractivity (Wildman–Crippen MR) is 87.6 cm³/mol. The van der Waals surface area contributed by atoms with Crippen molar-refractivity contribution in [3.05, 3.63) is 54.4 Å². The second kappa shape index (κ2) is 6.48. The zero-order valence-electron chi connectivity index (χ0n) is 12.8. The van der Waals surface area contributed by atoms with E-state index in [2.05, 4.69) is 10.4 Å². The molecular weight excluding hydrogens is 292 g/mol. The van der Waals surface area contributed by atoms with Crippen LogP contribution in [-0.4, -0.2) is 34.2 Å². The van der Waals surface area contributed by atoms with Crippen molar-refractivity contribution in [2.75, 3.05) is 11.4 Å². The highest BCUT2D eigenvalue weighted by Gasteiger charge is 2.33. The van der Waals surface area contributed by atoms with Gasteiger partial charge in [0.15, 0.2) is 0 Å². The van der Waals surface area contributed by atoms with Crippen LogP contribution in [0, 0.1) is 0 Å². The summed E-state index contributed by atoms with van der Waals surface area (Å²) in [6.07, 6.45) is 7.22. The Morgan fingerprint density at radius 3 is 2.83 bits per heavy atom. The third-order valence-corrected chi connectivity index (χ3v) is 3.75. The summed E-state index contributed by atoms with van der Waals surface area (Å²) in [6, 6.07) is 9.07. The van der Waals surface area contributed by atoms with Crippen molar-refractivity contribution >= 4 is 23.6 Å². The molecule has 0 bridgehead atoms. The van der Waals surface area contributed by atoms with E-state index in [1.165, 1.54) is 6.08 Å². The smallest absolute Gasteiger partial charge is 0.249 e. The van der Waals surface area contributed by atoms with Crippen LogP contribution in [0.15, 0.2) is 48.8 Å². The number of hydrogen-bond donors (Lipinski definition) is 1. The largest absolute Gasteiger partial charge is 0.341 e. The van der Waals surface area contributed by atoms with Crippen LogP contribution in [0.5, 0.6) is 0 Å². The quantitative estimate of drug-likeness (QED) is 0.867. The lowest BCUT2D eigenvalue weighted by molar-refractivity contribution is -0.123. The number of carbonyl (C=O) groups excluding carboxylic acids is 2. The van der Waals surface area contributed by atoms with Gasteiger partial charge in [-0.05, 0) is 18.1 Å². The fourth-order valence-electron chi connectivity index (χ4n) is 2.57. The van der Waals surface area contributed by atoms with E-state index in [-0.39, 0.29) is 11.8 Å². The summed E-state index contributed by atoms with van der Waals surface area (Å²) in [6.45, 7) is 0.581. The fraction of sp³-hybridized carbons (Fsp3) is 0.235. The van der Waals surface area contributed by atoms with Gasteiger partial charge in [0.1, 0.15) is 6.04 Å². The highest BCUT2D eigenvalue weighted by atomic mass is 16.2. The summed E-state index contributed by atoms with van der Waals surface area (Å²) in [5.74, 6) is -0.361. The van der Waals surface area contributed by atoms with Crippen LogP contribution in [0.2, 0.25) is 0 Å². The monoisotopic (exact) mass is 310 g/mol. The maximum Gasteiger partial charge on any atom is 0.249 e. The Balaban J connectivity index is 1.59. The average molecular weight is 310 g/mol. The Morgan fingerprint density at radius 2 is 2.13 bits per heavy atom. The molecule has 118 valence electrons. The van der Waals surface area contributed by atoms with Crippen LogP contribution < -0.4 is 10.2 Å². The minimum absolute atomic E-state index is 0.0977. The van der Waals surface area contributed by atoms with E-state index >= 15 is 0 Å². The van der Waals surface area contributed by atoms with Crippen molar-refractivity contribution in [3.63, 3.8) is 0 Å². The standard InChI is InChI=1S/C17H18N4O2/c1-20-12-14(11-18-20)21-10-9-15(17(21)23)19-16(22)8-7-13-5-3-2-4-6-13/h2-8,11-12,15H,9-10H2,1H3,(H,19,22)/b8-7-/t15-/m0/s1. The van der Waals surface area contributed by atoms with Crippen molar-refractivity contribution in [2.24, 2.45) is 7.05 Å². The molecule has 1 aliphatic rings. The van der Waals surface area contributed by atoms with Crippen LogP contribution in [0.4, 0.5) is 5.69 Å². The van der Waals surface area contributed by atoms with Gasteiger partial charge in [0.05, 0.1) is 11.9 Å². The lowest BCUT2D eigenvalue weighted by Crippen LogP contribution is -2.40. The molecule has 1 fully saturated rings. The van der Waals surface area contributed by atoms with Crippen molar-refractivity contribution in [1.82, 2.24) is 15.1 Å². The Bertz CT molecular complexity index is 736. The molecule has 0 aliphatic carbocycles. The van der Waals surface area contributed by atoms with Gasteiger partial charge in [0.25, 0.3) is 0 Å². The van der Waals surface area contributed by atoms with Crippen LogP contribution in [0.3, 0.4) is 0 Å². The van der Waals surface area contributed by atoms with E-state index in [0.717, 1.165) is 11.3 Å². The summed E-state index contributed by atoms with van der Waals surface area (Å²) in [5, 5.41) is 6.83. The first-order chi connectivity index (χ1) is 11.1. The van der Waals surface area contributed by atoms with Crippen molar-refractivity contribution in [3.8, 4) is 0 Å². The van der Waals surface area contributed by atoms with Crippen LogP contribution in [0.1, 0.15) is 12.0 Å². The molecule has 23 heavy (non-hydrogen) atoms. The summed E-state index contributed by atoms with van der Waals surface area (Å²) in [4.78, 5) is 26.0. The molecule has 0 saturated carbocycles. The van der Waals surface area contributed by atoms with Gasteiger partial charge in [-0.25, -0.2) is 0 Å². The van der Waals surface area contributed by atoms with E-state index < -0.39 is 6.04 Å². The Morgan fingerprint density at radius 1 is 1.35 bits per heavy atom. The van der Waals surface area contributed by atoms with Gasteiger partial charge in [-0.3, -0.25) is 14.3 Å². The average Bonchev–Trinajstić information content (AvgIpc) is 3.13. The third kappa shape index (κ3) is 3.48. The first-order valence-electron chi connectivity index (χ1n) is 7.47. The molecule has 2 amide bonds. The molecule has 2 heterocycles. The maximum atomic E-state index is 12.4. The van der Waals surface area contributed by atoms with E-state index in [0.29, 0.717) is 13.0 Å². The molecular formula is C17H18N4O2. The topological polar surface area (TPSA) is 67.2 Å². The molecule has 1 N–H and O–H groups in total. The van der Waals surface area contributed by atoms with E-state index in [1.54, 1.807) is 35.1 Å². The second-order valence-corrected chi connectivity index (χ2v) is 5.46. The van der Waals surface area contributed by atoms with E-state index in [9.17, 15) is 9.59 Å². The fourth-order valence-corrected chi connectivity index (χ4v) is 2.57.